The van der Waals surface area contributed by atoms with Crippen molar-refractivity contribution in [2.75, 3.05) is 31.1 Å². The quantitative estimate of drug-likeness (QED) is 0.159. The first-order chi connectivity index (χ1) is 24.1. The number of halogens is 7. The molecule has 2 N–H and O–H groups in total. The molecule has 0 radical (unpaired) electrons. The molecule has 9 nitrogen and oxygen atoms in total. The van der Waals surface area contributed by atoms with Gasteiger partial charge in [-0.2, -0.15) is 18.2 Å². The van der Waals surface area contributed by atoms with Crippen LogP contribution in [-0.2, 0) is 4.79 Å². The van der Waals surface area contributed by atoms with E-state index in [0.717, 1.165) is 17.9 Å². The fraction of sp³-hybridized carbons (Fsp3) is 0.486. The molecule has 4 aromatic rings. The van der Waals surface area contributed by atoms with Gasteiger partial charge < -0.3 is 19.9 Å². The lowest BCUT2D eigenvalue weighted by molar-refractivity contribution is -0.191. The number of aromatic hydroxyl groups is 1. The van der Waals surface area contributed by atoms with Crippen LogP contribution in [0.1, 0.15) is 52.9 Å². The van der Waals surface area contributed by atoms with Gasteiger partial charge in [-0.25, -0.2) is 14.2 Å². The van der Waals surface area contributed by atoms with Gasteiger partial charge in [-0.3, -0.25) is 9.69 Å². The lowest BCUT2D eigenvalue weighted by atomic mass is 9.97. The minimum atomic E-state index is -5.02. The average molecular weight is 772 g/mol. The van der Waals surface area contributed by atoms with Gasteiger partial charge in [0.15, 0.2) is 0 Å². The molecular weight excluding hydrogens is 735 g/mol. The highest BCUT2D eigenvalue weighted by Crippen LogP contribution is 2.44. The van der Waals surface area contributed by atoms with E-state index >= 15 is 0 Å². The van der Waals surface area contributed by atoms with E-state index < -0.39 is 36.0 Å². The van der Waals surface area contributed by atoms with Gasteiger partial charge in [0, 0.05) is 53.2 Å². The summed E-state index contributed by atoms with van der Waals surface area (Å²) in [6, 6.07) is 6.50. The lowest BCUT2D eigenvalue weighted by Gasteiger charge is -2.47. The summed E-state index contributed by atoms with van der Waals surface area (Å²) in [5, 5.41) is 12.0. The number of anilines is 1. The molecule has 274 valence electrons. The van der Waals surface area contributed by atoms with Crippen molar-refractivity contribution in [3.63, 3.8) is 0 Å². The van der Waals surface area contributed by atoms with Crippen molar-refractivity contribution in [1.82, 2.24) is 24.8 Å². The second-order valence-corrected chi connectivity index (χ2v) is 14.7. The lowest BCUT2D eigenvalue weighted by Crippen LogP contribution is -2.63. The third-order valence-electron chi connectivity index (χ3n) is 10.3. The second kappa shape index (κ2) is 14.2. The number of hydrogen-bond donors (Lipinski definition) is 2. The van der Waals surface area contributed by atoms with Crippen LogP contribution in [0.25, 0.3) is 32.9 Å². The number of nitrogens with one attached hydrogen (secondary N) is 1. The molecule has 0 spiro atoms. The largest absolute Gasteiger partial charge is 0.508 e. The molecule has 51 heavy (non-hydrogen) atoms. The van der Waals surface area contributed by atoms with E-state index in [-0.39, 0.29) is 69.8 Å². The summed E-state index contributed by atoms with van der Waals surface area (Å²) >= 11 is 20.0. The SMILES string of the molecule is CCC1CN(c2nc(=O)[nH]c3c(Cl)c(-c4cc(O)cc5cccc(Cl)c45)nc(Cl)c23)CC(CC)N1C(=O)C(F)(F)F.C[C@@]12CCCN1CC(F)C2. The monoisotopic (exact) mass is 770 g/mol. The van der Waals surface area contributed by atoms with Gasteiger partial charge in [0.1, 0.15) is 22.9 Å². The summed E-state index contributed by atoms with van der Waals surface area (Å²) in [5.74, 6) is -1.89. The molecule has 16 heteroatoms. The standard InChI is InChI=1S/C27H23Cl3F3N5O3.C8H14FN/c1-3-13-10-37(11-14(4-2)38(13)25(40)27(31,32)33)24-19-22(35-26(41)36-24)20(29)21(34-23(19)30)16-9-15(39)8-12-6-5-7-17(28)18(12)16;1-8-3-2-4-10(8)6-7(9)5-8/h5-9,13-14,39H,3-4,10-11H2,1-2H3,(H,35,36,41);7H,2-6H2,1H3/t;7?,8-/m.0/s1. The Bertz CT molecular complexity index is 2030. The predicted molar refractivity (Wildman–Crippen MR) is 192 cm³/mol. The molecule has 4 atom stereocenters. The molecule has 3 unspecified atom stereocenters. The van der Waals surface area contributed by atoms with Crippen LogP contribution in [0.4, 0.5) is 23.4 Å². The van der Waals surface area contributed by atoms with E-state index in [1.807, 2.05) is 0 Å². The maximum atomic E-state index is 13.4. The summed E-state index contributed by atoms with van der Waals surface area (Å²) in [6.07, 6.45) is -1.86. The van der Waals surface area contributed by atoms with Gasteiger partial charge in [-0.05, 0) is 69.2 Å². The molecule has 1 amide bonds. The molecule has 0 aliphatic carbocycles. The molecule has 3 fully saturated rings. The Morgan fingerprint density at radius 2 is 1.75 bits per heavy atom. The third-order valence-corrected chi connectivity index (χ3v) is 11.2. The number of phenols is 1. The number of carbonyl (C=O) groups is 1. The van der Waals surface area contributed by atoms with Gasteiger partial charge >= 0.3 is 17.8 Å². The zero-order chi connectivity index (χ0) is 37.0. The van der Waals surface area contributed by atoms with Crippen molar-refractivity contribution in [2.45, 2.75) is 82.8 Å². The number of aromatic amines is 1. The summed E-state index contributed by atoms with van der Waals surface area (Å²) in [7, 11) is 0. The van der Waals surface area contributed by atoms with Crippen molar-refractivity contribution in [2.24, 2.45) is 0 Å². The number of fused-ring (bicyclic) bond motifs is 3. The molecule has 3 saturated heterocycles. The number of nitrogens with zero attached hydrogens (tertiary/aromatic N) is 5. The maximum Gasteiger partial charge on any atom is 0.471 e. The topological polar surface area (TPSA) is 106 Å². The number of alkyl halides is 4. The molecule has 0 bridgehead atoms. The van der Waals surface area contributed by atoms with E-state index in [1.165, 1.54) is 25.0 Å². The van der Waals surface area contributed by atoms with Crippen molar-refractivity contribution in [3.05, 3.63) is 56.0 Å². The molecule has 2 aromatic carbocycles. The highest BCUT2D eigenvalue weighted by Gasteiger charge is 2.49. The second-order valence-electron chi connectivity index (χ2n) is 13.6. The Morgan fingerprint density at radius 1 is 1.06 bits per heavy atom. The fourth-order valence-electron chi connectivity index (χ4n) is 7.87. The van der Waals surface area contributed by atoms with Gasteiger partial charge in [0.05, 0.1) is 21.6 Å². The Morgan fingerprint density at radius 3 is 2.37 bits per heavy atom. The number of pyridine rings is 1. The van der Waals surface area contributed by atoms with Crippen molar-refractivity contribution in [1.29, 1.82) is 0 Å². The number of piperazine rings is 1. The summed E-state index contributed by atoms with van der Waals surface area (Å²) in [6.45, 7) is 7.32. The predicted octanol–water partition coefficient (Wildman–Crippen LogP) is 8.15. The van der Waals surface area contributed by atoms with Crippen LogP contribution >= 0.6 is 34.8 Å². The molecule has 3 aliphatic heterocycles. The smallest absolute Gasteiger partial charge is 0.471 e. The summed E-state index contributed by atoms with van der Waals surface area (Å²) in [5.41, 5.74) is 0.0882. The van der Waals surface area contributed by atoms with Gasteiger partial charge in [0.25, 0.3) is 0 Å². The van der Waals surface area contributed by atoms with E-state index in [4.69, 9.17) is 34.8 Å². The van der Waals surface area contributed by atoms with Crippen molar-refractivity contribution in [3.8, 4) is 17.0 Å². The average Bonchev–Trinajstić information content (AvgIpc) is 3.56. The molecule has 5 heterocycles. The zero-order valence-corrected chi connectivity index (χ0v) is 30.4. The summed E-state index contributed by atoms with van der Waals surface area (Å²) in [4.78, 5) is 41.2. The number of aromatic nitrogens is 3. The molecule has 7 rings (SSSR count). The van der Waals surface area contributed by atoms with Crippen LogP contribution in [0.2, 0.25) is 15.2 Å². The van der Waals surface area contributed by atoms with E-state index in [0.29, 0.717) is 27.9 Å². The molecule has 2 aromatic heterocycles. The minimum absolute atomic E-state index is 0.00179. The Balaban J connectivity index is 0.000000381. The van der Waals surface area contributed by atoms with E-state index in [2.05, 4.69) is 26.8 Å². The fourth-order valence-corrected chi connectivity index (χ4v) is 8.70. The number of H-pyrrole nitrogens is 1. The Labute approximate surface area is 306 Å². The molecule has 3 aliphatic rings. The van der Waals surface area contributed by atoms with E-state index in [9.17, 15) is 32.3 Å². The Hall–Kier alpha value is -3.39. The first-order valence-corrected chi connectivity index (χ1v) is 17.9. The van der Waals surface area contributed by atoms with E-state index in [1.54, 1.807) is 36.9 Å². The highest BCUT2D eigenvalue weighted by molar-refractivity contribution is 6.42. The first-order valence-electron chi connectivity index (χ1n) is 16.8. The van der Waals surface area contributed by atoms with Gasteiger partial charge in [0.2, 0.25) is 0 Å². The number of rotatable bonds is 4. The maximum absolute atomic E-state index is 13.4. The highest BCUT2D eigenvalue weighted by atomic mass is 35.5. The number of benzene rings is 2. The third kappa shape index (κ3) is 7.06. The summed E-state index contributed by atoms with van der Waals surface area (Å²) < 4.78 is 53.1. The Kier molecular flexibility index (Phi) is 10.4. The van der Waals surface area contributed by atoms with Crippen molar-refractivity contribution < 1.29 is 27.5 Å². The van der Waals surface area contributed by atoms with Gasteiger partial charge in [-0.15, -0.1) is 0 Å². The zero-order valence-electron chi connectivity index (χ0n) is 28.1. The van der Waals surface area contributed by atoms with Gasteiger partial charge in [-0.1, -0.05) is 60.8 Å². The number of hydrogen-bond acceptors (Lipinski definition) is 7. The molecular formula is C35H37Cl3F4N6O3. The number of amides is 1. The van der Waals surface area contributed by atoms with Crippen LogP contribution in [0.3, 0.4) is 0 Å². The normalized spacial score (nSPS) is 23.8. The molecule has 0 saturated carbocycles. The van der Waals surface area contributed by atoms with Crippen LogP contribution in [-0.4, -0.2) is 91.9 Å². The first kappa shape index (κ1) is 37.4. The van der Waals surface area contributed by atoms with Crippen molar-refractivity contribution >= 4 is 68.2 Å². The number of carbonyl (C=O) groups excluding carboxylic acids is 1. The number of phenolic OH excluding ortho intramolecular Hbond substituents is 1. The van der Waals surface area contributed by atoms with Crippen LogP contribution in [0, 0.1) is 0 Å². The minimum Gasteiger partial charge on any atom is -0.508 e. The van der Waals surface area contributed by atoms with Crippen LogP contribution in [0.5, 0.6) is 5.75 Å². The van der Waals surface area contributed by atoms with Crippen LogP contribution in [0.15, 0.2) is 35.1 Å². The van der Waals surface area contributed by atoms with Crippen LogP contribution < -0.4 is 10.6 Å².